The van der Waals surface area contributed by atoms with Gasteiger partial charge in [0.2, 0.25) is 11.8 Å². The summed E-state index contributed by atoms with van der Waals surface area (Å²) in [7, 11) is 0. The summed E-state index contributed by atoms with van der Waals surface area (Å²) >= 11 is 0. The second-order valence-corrected chi connectivity index (χ2v) is 13.3. The molecule has 0 N–H and O–H groups in total. The Hall–Kier alpha value is -8.46. The number of anilines is 6. The lowest BCUT2D eigenvalue weighted by Crippen LogP contribution is -2.09. The summed E-state index contributed by atoms with van der Waals surface area (Å²) in [6.45, 7) is 0. The van der Waals surface area contributed by atoms with Crippen LogP contribution in [0.15, 0.2) is 191 Å². The SMILES string of the molecule is N#CC(=Cc1nc2cc3oc(C=C(C#N)c4ccc(N(c5ccccc5)c5ccccc5)cc4)nc3cc2o1)c1ccc(N(c2ccccc2)c2ccccc2)cc1. The summed E-state index contributed by atoms with van der Waals surface area (Å²) in [5, 5.41) is 20.3. The van der Waals surface area contributed by atoms with Gasteiger partial charge in [0.25, 0.3) is 0 Å². The third kappa shape index (κ3) is 7.21. The van der Waals surface area contributed by atoms with Gasteiger partial charge in [0.15, 0.2) is 11.2 Å². The van der Waals surface area contributed by atoms with Crippen molar-refractivity contribution in [2.24, 2.45) is 0 Å². The maximum absolute atomic E-state index is 10.2. The van der Waals surface area contributed by atoms with E-state index in [1.807, 2.05) is 121 Å². The number of allylic oxidation sites excluding steroid dienone is 2. The highest BCUT2D eigenvalue weighted by molar-refractivity contribution is 5.94. The third-order valence-corrected chi connectivity index (χ3v) is 9.64. The zero-order valence-electron chi connectivity index (χ0n) is 31.0. The highest BCUT2D eigenvalue weighted by Gasteiger charge is 2.16. The average Bonchev–Trinajstić information content (AvgIpc) is 3.87. The normalized spacial score (nSPS) is 11.6. The molecule has 58 heavy (non-hydrogen) atoms. The molecule has 0 aliphatic rings. The highest BCUT2D eigenvalue weighted by atomic mass is 16.4. The zero-order valence-corrected chi connectivity index (χ0v) is 31.0. The van der Waals surface area contributed by atoms with E-state index in [-0.39, 0.29) is 11.8 Å². The quantitative estimate of drug-likeness (QED) is 0.127. The minimum atomic E-state index is 0.284. The number of aromatic nitrogens is 2. The predicted molar refractivity (Wildman–Crippen MR) is 231 cm³/mol. The molecule has 274 valence electrons. The van der Waals surface area contributed by atoms with Crippen molar-refractivity contribution in [1.82, 2.24) is 9.97 Å². The van der Waals surface area contributed by atoms with Crippen LogP contribution in [0.1, 0.15) is 22.9 Å². The van der Waals surface area contributed by atoms with E-state index in [1.54, 1.807) is 24.3 Å². The monoisotopic (exact) mass is 748 g/mol. The summed E-state index contributed by atoms with van der Waals surface area (Å²) in [6.07, 6.45) is 3.27. The lowest BCUT2D eigenvalue weighted by Gasteiger charge is -2.25. The number of oxazole rings is 2. The van der Waals surface area contributed by atoms with Crippen molar-refractivity contribution >= 4 is 79.6 Å². The summed E-state index contributed by atoms with van der Waals surface area (Å²) in [5.74, 6) is 0.568. The van der Waals surface area contributed by atoms with Gasteiger partial charge < -0.3 is 18.6 Å². The Morgan fingerprint density at radius 1 is 0.414 bits per heavy atom. The predicted octanol–water partition coefficient (Wildman–Crippen LogP) is 13.0. The van der Waals surface area contributed by atoms with Crippen LogP contribution in [0.2, 0.25) is 0 Å². The molecule has 0 saturated carbocycles. The van der Waals surface area contributed by atoms with Gasteiger partial charge in [0.05, 0.1) is 23.3 Å². The topological polar surface area (TPSA) is 106 Å². The first kappa shape index (κ1) is 35.3. The van der Waals surface area contributed by atoms with Gasteiger partial charge in [0.1, 0.15) is 11.0 Å². The second-order valence-electron chi connectivity index (χ2n) is 13.3. The van der Waals surface area contributed by atoms with Crippen LogP contribution in [0.25, 0.3) is 45.5 Å². The van der Waals surface area contributed by atoms with E-state index in [1.165, 1.54) is 0 Å². The molecule has 7 aromatic carbocycles. The maximum Gasteiger partial charge on any atom is 0.221 e. The molecule has 2 aromatic heterocycles. The van der Waals surface area contributed by atoms with Crippen LogP contribution in [-0.4, -0.2) is 9.97 Å². The van der Waals surface area contributed by atoms with Crippen molar-refractivity contribution in [2.45, 2.75) is 0 Å². The smallest absolute Gasteiger partial charge is 0.221 e. The minimum absolute atomic E-state index is 0.284. The number of benzene rings is 7. The van der Waals surface area contributed by atoms with Crippen LogP contribution in [-0.2, 0) is 0 Å². The molecule has 0 aliphatic carbocycles. The number of hydrogen-bond acceptors (Lipinski definition) is 8. The number of hydrogen-bond donors (Lipinski definition) is 0. The Labute approximate surface area is 334 Å². The molecule has 0 unspecified atom stereocenters. The lowest BCUT2D eigenvalue weighted by molar-refractivity contribution is 0.588. The van der Waals surface area contributed by atoms with Crippen LogP contribution in [0.4, 0.5) is 34.1 Å². The molecule has 8 nitrogen and oxygen atoms in total. The van der Waals surface area contributed by atoms with E-state index in [9.17, 15) is 10.5 Å². The van der Waals surface area contributed by atoms with Crippen LogP contribution in [0.5, 0.6) is 0 Å². The third-order valence-electron chi connectivity index (χ3n) is 9.64. The molecule has 8 heteroatoms. The van der Waals surface area contributed by atoms with Gasteiger partial charge in [-0.2, -0.15) is 10.5 Å². The number of para-hydroxylation sites is 4. The molecule has 2 heterocycles. The number of rotatable bonds is 10. The molecule has 0 spiro atoms. The van der Waals surface area contributed by atoms with E-state index in [0.29, 0.717) is 33.3 Å². The molecule has 0 saturated heterocycles. The minimum Gasteiger partial charge on any atom is -0.437 e. The van der Waals surface area contributed by atoms with Crippen molar-refractivity contribution in [3.05, 3.63) is 205 Å². The van der Waals surface area contributed by atoms with E-state index < -0.39 is 0 Å². The van der Waals surface area contributed by atoms with Crippen molar-refractivity contribution in [3.8, 4) is 12.1 Å². The van der Waals surface area contributed by atoms with E-state index in [0.717, 1.165) is 45.3 Å². The number of nitrogens with zero attached hydrogens (tertiary/aromatic N) is 6. The first-order valence-corrected chi connectivity index (χ1v) is 18.6. The fourth-order valence-electron chi connectivity index (χ4n) is 6.90. The summed E-state index contributed by atoms with van der Waals surface area (Å²) in [6, 6.07) is 64.4. The van der Waals surface area contributed by atoms with E-state index >= 15 is 0 Å². The molecule has 9 rings (SSSR count). The highest BCUT2D eigenvalue weighted by Crippen LogP contribution is 2.37. The first-order valence-electron chi connectivity index (χ1n) is 18.6. The Balaban J connectivity index is 0.958. The van der Waals surface area contributed by atoms with Crippen molar-refractivity contribution in [3.63, 3.8) is 0 Å². The van der Waals surface area contributed by atoms with Crippen LogP contribution < -0.4 is 9.80 Å². The van der Waals surface area contributed by atoms with Gasteiger partial charge in [-0.15, -0.1) is 0 Å². The number of nitriles is 2. The summed E-state index contributed by atoms with van der Waals surface area (Å²) < 4.78 is 12.2. The molecule has 0 amide bonds. The van der Waals surface area contributed by atoms with Gasteiger partial charge in [0, 0.05) is 58.4 Å². The largest absolute Gasteiger partial charge is 0.437 e. The second kappa shape index (κ2) is 15.7. The fraction of sp³-hybridized carbons (Fsp3) is 0. The van der Waals surface area contributed by atoms with Crippen LogP contribution >= 0.6 is 0 Å². The van der Waals surface area contributed by atoms with Crippen molar-refractivity contribution in [1.29, 1.82) is 10.5 Å². The Bertz CT molecular complexity index is 2660. The summed E-state index contributed by atoms with van der Waals surface area (Å²) in [4.78, 5) is 13.6. The summed E-state index contributed by atoms with van der Waals surface area (Å²) in [5.41, 5.74) is 10.4. The van der Waals surface area contributed by atoms with Gasteiger partial charge >= 0.3 is 0 Å². The van der Waals surface area contributed by atoms with Crippen LogP contribution in [0, 0.1) is 22.7 Å². The zero-order chi connectivity index (χ0) is 39.3. The van der Waals surface area contributed by atoms with Crippen LogP contribution in [0.3, 0.4) is 0 Å². The Kier molecular flexibility index (Phi) is 9.55. The molecule has 0 fully saturated rings. The Morgan fingerprint density at radius 2 is 0.707 bits per heavy atom. The maximum atomic E-state index is 10.2. The van der Waals surface area contributed by atoms with Gasteiger partial charge in [-0.1, -0.05) is 97.1 Å². The Morgan fingerprint density at radius 3 is 1.00 bits per heavy atom. The molecule has 0 atom stereocenters. The van der Waals surface area contributed by atoms with Gasteiger partial charge in [-0.25, -0.2) is 9.97 Å². The lowest BCUT2D eigenvalue weighted by atomic mass is 10.1. The van der Waals surface area contributed by atoms with Crippen molar-refractivity contribution < 1.29 is 8.83 Å². The first-order chi connectivity index (χ1) is 28.6. The number of fused-ring (bicyclic) bond motifs is 2. The molecular formula is C50H32N6O2. The molecule has 0 bridgehead atoms. The fourth-order valence-corrected chi connectivity index (χ4v) is 6.90. The average molecular weight is 749 g/mol. The van der Waals surface area contributed by atoms with Gasteiger partial charge in [-0.05, 0) is 83.9 Å². The van der Waals surface area contributed by atoms with E-state index in [2.05, 4.69) is 80.4 Å². The molecular weight excluding hydrogens is 717 g/mol. The molecule has 0 radical (unpaired) electrons. The van der Waals surface area contributed by atoms with Gasteiger partial charge in [-0.3, -0.25) is 0 Å². The van der Waals surface area contributed by atoms with Crippen molar-refractivity contribution in [2.75, 3.05) is 9.80 Å². The van der Waals surface area contributed by atoms with E-state index in [4.69, 9.17) is 8.83 Å². The molecule has 0 aliphatic heterocycles. The standard InChI is InChI=1S/C50H32N6O2/c51-33-37(35-21-25-43(26-22-35)55(39-13-5-1-6-14-39)40-15-7-2-8-16-40)29-49-53-45-31-48-46(32-47(45)57-49)54-50(58-48)30-38(34-52)36-23-27-44(28-24-36)56(41-17-9-3-10-18-41)42-19-11-4-12-20-42/h1-32H. The molecule has 9 aromatic rings.